The van der Waals surface area contributed by atoms with Crippen molar-refractivity contribution in [3.8, 4) is 0 Å². The number of aromatic nitrogens is 1. The van der Waals surface area contributed by atoms with Crippen LogP contribution in [0.2, 0.25) is 5.02 Å². The van der Waals surface area contributed by atoms with Gasteiger partial charge in [-0.25, -0.2) is 4.98 Å². The van der Waals surface area contributed by atoms with Gasteiger partial charge in [-0.15, -0.1) is 0 Å². The van der Waals surface area contributed by atoms with Crippen LogP contribution in [0.25, 0.3) is 0 Å². The van der Waals surface area contributed by atoms with E-state index < -0.39 is 11.7 Å². The van der Waals surface area contributed by atoms with Gasteiger partial charge >= 0.3 is 6.18 Å². The van der Waals surface area contributed by atoms with E-state index in [1.807, 2.05) is 4.90 Å². The lowest BCUT2D eigenvalue weighted by molar-refractivity contribution is -0.137. The number of aliphatic hydroxyl groups is 1. The first kappa shape index (κ1) is 17.8. The Kier molecular flexibility index (Phi) is 5.22. The minimum atomic E-state index is -4.44. The lowest BCUT2D eigenvalue weighted by atomic mass is 10.1. The number of hydrogen-bond donors (Lipinski definition) is 1. The Morgan fingerprint density at radius 3 is 2.58 bits per heavy atom. The van der Waals surface area contributed by atoms with E-state index in [1.54, 1.807) is 0 Å². The number of nitrogens with zero attached hydrogens (tertiary/aromatic N) is 3. The molecule has 1 N–H and O–H groups in total. The Balaban J connectivity index is 1.76. The van der Waals surface area contributed by atoms with Crippen LogP contribution in [0.15, 0.2) is 12.3 Å². The Labute approximate surface area is 144 Å². The zero-order valence-corrected chi connectivity index (χ0v) is 14.0. The molecule has 2 atom stereocenters. The molecule has 3 rings (SSSR count). The molecule has 4 nitrogen and oxygen atoms in total. The third-order valence-corrected chi connectivity index (χ3v) is 5.23. The molecule has 134 valence electrons. The van der Waals surface area contributed by atoms with Crippen LogP contribution in [-0.4, -0.2) is 53.3 Å². The van der Waals surface area contributed by atoms with E-state index in [2.05, 4.69) is 9.88 Å². The van der Waals surface area contributed by atoms with Crippen molar-refractivity contribution in [1.29, 1.82) is 0 Å². The molecule has 0 radical (unpaired) electrons. The topological polar surface area (TPSA) is 39.6 Å². The number of halogens is 4. The van der Waals surface area contributed by atoms with Crippen molar-refractivity contribution in [3.63, 3.8) is 0 Å². The lowest BCUT2D eigenvalue weighted by Gasteiger charge is -2.32. The standard InChI is InChI=1S/C16H21ClF3N3O/c17-14-7-11(16(18,19)20)8-21-15(14)23-6-2-3-12(23)9-22-5-1-4-13(22)10-24/h7-8,12-13,24H,1-6,9-10H2/t12-,13+/m0/s1. The van der Waals surface area contributed by atoms with E-state index >= 15 is 0 Å². The number of rotatable bonds is 4. The number of likely N-dealkylation sites (tertiary alicyclic amines) is 1. The zero-order valence-electron chi connectivity index (χ0n) is 13.3. The van der Waals surface area contributed by atoms with Gasteiger partial charge in [-0.2, -0.15) is 13.2 Å². The highest BCUT2D eigenvalue weighted by Gasteiger charge is 2.35. The van der Waals surface area contributed by atoms with Crippen LogP contribution >= 0.6 is 11.6 Å². The zero-order chi connectivity index (χ0) is 17.3. The van der Waals surface area contributed by atoms with Gasteiger partial charge in [-0.1, -0.05) is 11.6 Å². The predicted octanol–water partition coefficient (Wildman–Crippen LogP) is 3.18. The van der Waals surface area contributed by atoms with Crippen molar-refractivity contribution < 1.29 is 18.3 Å². The van der Waals surface area contributed by atoms with Gasteiger partial charge in [0.05, 0.1) is 17.2 Å². The van der Waals surface area contributed by atoms with Gasteiger partial charge in [-0.05, 0) is 38.3 Å². The first-order valence-corrected chi connectivity index (χ1v) is 8.62. The van der Waals surface area contributed by atoms with Crippen LogP contribution in [0.5, 0.6) is 0 Å². The van der Waals surface area contributed by atoms with Crippen LogP contribution in [0, 0.1) is 0 Å². The van der Waals surface area contributed by atoms with E-state index in [0.29, 0.717) is 5.82 Å². The molecule has 0 aromatic carbocycles. The van der Waals surface area contributed by atoms with Crippen LogP contribution < -0.4 is 4.90 Å². The highest BCUT2D eigenvalue weighted by molar-refractivity contribution is 6.33. The summed E-state index contributed by atoms with van der Waals surface area (Å²) >= 11 is 6.10. The minimum Gasteiger partial charge on any atom is -0.395 e. The van der Waals surface area contributed by atoms with E-state index in [4.69, 9.17) is 11.6 Å². The summed E-state index contributed by atoms with van der Waals surface area (Å²) in [5, 5.41) is 9.49. The number of aliphatic hydroxyl groups excluding tert-OH is 1. The molecule has 0 saturated carbocycles. The first-order chi connectivity index (χ1) is 11.4. The molecule has 2 aliphatic heterocycles. The number of alkyl halides is 3. The van der Waals surface area contributed by atoms with Crippen molar-refractivity contribution in [2.45, 2.75) is 43.9 Å². The molecular formula is C16H21ClF3N3O. The summed E-state index contributed by atoms with van der Waals surface area (Å²) in [5.41, 5.74) is -0.827. The second kappa shape index (κ2) is 7.06. The summed E-state index contributed by atoms with van der Waals surface area (Å²) in [4.78, 5) is 8.27. The fraction of sp³-hybridized carbons (Fsp3) is 0.688. The molecule has 3 heterocycles. The molecule has 2 fully saturated rings. The summed E-state index contributed by atoms with van der Waals surface area (Å²) in [5.74, 6) is 0.423. The Bertz CT molecular complexity index is 584. The number of pyridine rings is 1. The molecular weight excluding hydrogens is 343 g/mol. The maximum Gasteiger partial charge on any atom is 0.417 e. The molecule has 24 heavy (non-hydrogen) atoms. The average molecular weight is 364 g/mol. The molecule has 2 aliphatic rings. The highest BCUT2D eigenvalue weighted by atomic mass is 35.5. The van der Waals surface area contributed by atoms with Crippen LogP contribution in [0.4, 0.5) is 19.0 Å². The van der Waals surface area contributed by atoms with Gasteiger partial charge < -0.3 is 10.0 Å². The smallest absolute Gasteiger partial charge is 0.395 e. The maximum atomic E-state index is 12.8. The van der Waals surface area contributed by atoms with Crippen LogP contribution in [0.1, 0.15) is 31.2 Å². The highest BCUT2D eigenvalue weighted by Crippen LogP contribution is 2.36. The Morgan fingerprint density at radius 1 is 1.21 bits per heavy atom. The fourth-order valence-corrected chi connectivity index (χ4v) is 3.99. The fourth-order valence-electron chi connectivity index (χ4n) is 3.71. The van der Waals surface area contributed by atoms with Crippen molar-refractivity contribution in [2.24, 2.45) is 0 Å². The minimum absolute atomic E-state index is 0.0388. The van der Waals surface area contributed by atoms with Crippen molar-refractivity contribution in [3.05, 3.63) is 22.8 Å². The second-order valence-electron chi connectivity index (χ2n) is 6.49. The van der Waals surface area contributed by atoms with Crippen molar-refractivity contribution >= 4 is 17.4 Å². The monoisotopic (exact) mass is 363 g/mol. The number of anilines is 1. The quantitative estimate of drug-likeness (QED) is 0.892. The van der Waals surface area contributed by atoms with Gasteiger partial charge in [0.15, 0.2) is 0 Å². The Hall–Kier alpha value is -1.05. The molecule has 0 amide bonds. The van der Waals surface area contributed by atoms with Crippen LogP contribution in [0.3, 0.4) is 0 Å². The van der Waals surface area contributed by atoms with Crippen LogP contribution in [-0.2, 0) is 6.18 Å². The van der Waals surface area contributed by atoms with E-state index in [9.17, 15) is 18.3 Å². The van der Waals surface area contributed by atoms with Crippen molar-refractivity contribution in [2.75, 3.05) is 31.1 Å². The molecule has 0 unspecified atom stereocenters. The molecule has 8 heteroatoms. The van der Waals surface area contributed by atoms with Gasteiger partial charge in [-0.3, -0.25) is 4.90 Å². The van der Waals surface area contributed by atoms with Crippen molar-refractivity contribution in [1.82, 2.24) is 9.88 Å². The van der Waals surface area contributed by atoms with E-state index in [-0.39, 0.29) is 23.7 Å². The number of hydrogen-bond acceptors (Lipinski definition) is 4. The summed E-state index contributed by atoms with van der Waals surface area (Å²) in [6.07, 6.45) is 0.376. The third-order valence-electron chi connectivity index (χ3n) is 4.95. The van der Waals surface area contributed by atoms with Gasteiger partial charge in [0.2, 0.25) is 0 Å². The molecule has 0 aliphatic carbocycles. The van der Waals surface area contributed by atoms with Gasteiger partial charge in [0.25, 0.3) is 0 Å². The molecule has 0 bridgehead atoms. The Morgan fingerprint density at radius 2 is 1.92 bits per heavy atom. The molecule has 1 aromatic heterocycles. The van der Waals surface area contributed by atoms with Gasteiger partial charge in [0, 0.05) is 31.4 Å². The summed E-state index contributed by atoms with van der Waals surface area (Å²) < 4.78 is 38.3. The molecule has 1 aromatic rings. The molecule has 2 saturated heterocycles. The van der Waals surface area contributed by atoms with E-state index in [1.165, 1.54) is 0 Å². The maximum absolute atomic E-state index is 12.8. The van der Waals surface area contributed by atoms with Gasteiger partial charge in [0.1, 0.15) is 5.82 Å². The summed E-state index contributed by atoms with van der Waals surface area (Å²) in [6.45, 7) is 2.61. The molecule has 0 spiro atoms. The first-order valence-electron chi connectivity index (χ1n) is 8.24. The van der Waals surface area contributed by atoms with E-state index in [0.717, 1.165) is 57.6 Å². The SMILES string of the molecule is OC[C@H]1CCCN1C[C@@H]1CCCN1c1ncc(C(F)(F)F)cc1Cl. The largest absolute Gasteiger partial charge is 0.417 e. The lowest BCUT2D eigenvalue weighted by Crippen LogP contribution is -2.43. The second-order valence-corrected chi connectivity index (χ2v) is 6.90. The summed E-state index contributed by atoms with van der Waals surface area (Å²) in [7, 11) is 0. The average Bonchev–Trinajstić information content (AvgIpc) is 3.16. The predicted molar refractivity (Wildman–Crippen MR) is 86.3 cm³/mol. The summed E-state index contributed by atoms with van der Waals surface area (Å²) in [6, 6.07) is 1.30. The third kappa shape index (κ3) is 3.63. The normalized spacial score (nSPS) is 25.6.